The molecule has 0 fully saturated rings. The molecule has 0 unspecified atom stereocenters. The number of carbonyl (C=O) groups excluding carboxylic acids is 1. The number of hydrogen-bond acceptors (Lipinski definition) is 4. The average Bonchev–Trinajstić information content (AvgIpc) is 3.20. The molecule has 0 atom stereocenters. The molecule has 0 aliphatic rings. The summed E-state index contributed by atoms with van der Waals surface area (Å²) in [5.74, 6) is 0.289. The molecule has 3 aromatic rings. The zero-order chi connectivity index (χ0) is 15.5. The largest absolute Gasteiger partial charge is 0.463 e. The third-order valence-corrected chi connectivity index (χ3v) is 3.33. The summed E-state index contributed by atoms with van der Waals surface area (Å²) in [6.45, 7) is 1.81. The van der Waals surface area contributed by atoms with Crippen LogP contribution in [0.3, 0.4) is 0 Å². The lowest BCUT2D eigenvalue weighted by Gasteiger charge is -2.08. The van der Waals surface area contributed by atoms with Crippen LogP contribution < -0.4 is 5.32 Å². The highest BCUT2D eigenvalue weighted by Crippen LogP contribution is 2.20. The van der Waals surface area contributed by atoms with Crippen LogP contribution in [0.5, 0.6) is 0 Å². The van der Waals surface area contributed by atoms with Crippen LogP contribution in [0.25, 0.3) is 11.5 Å². The molecule has 22 heavy (non-hydrogen) atoms. The molecule has 2 heterocycles. The van der Waals surface area contributed by atoms with Crippen LogP contribution in [-0.2, 0) is 6.61 Å². The Kier molecular flexibility index (Phi) is 3.76. The first-order chi connectivity index (χ1) is 10.7. The molecular formula is C16H15N3O3. The van der Waals surface area contributed by atoms with Crippen LogP contribution in [0, 0.1) is 6.92 Å². The van der Waals surface area contributed by atoms with Crippen LogP contribution in [0.2, 0.25) is 0 Å². The van der Waals surface area contributed by atoms with Gasteiger partial charge in [0, 0.05) is 11.8 Å². The predicted molar refractivity (Wildman–Crippen MR) is 81.3 cm³/mol. The van der Waals surface area contributed by atoms with E-state index in [1.54, 1.807) is 30.5 Å². The summed E-state index contributed by atoms with van der Waals surface area (Å²) < 4.78 is 5.25. The molecule has 0 spiro atoms. The number of aromatic amines is 1. The second-order valence-corrected chi connectivity index (χ2v) is 4.91. The fourth-order valence-electron chi connectivity index (χ4n) is 2.08. The fraction of sp³-hybridized carbons (Fsp3) is 0.125. The predicted octanol–water partition coefficient (Wildman–Crippen LogP) is 2.72. The van der Waals surface area contributed by atoms with Crippen LogP contribution in [0.1, 0.15) is 21.6 Å². The lowest BCUT2D eigenvalue weighted by atomic mass is 10.1. The number of benzene rings is 1. The van der Waals surface area contributed by atoms with E-state index in [-0.39, 0.29) is 18.2 Å². The molecule has 0 radical (unpaired) electrons. The Hall–Kier alpha value is -2.86. The highest BCUT2D eigenvalue weighted by molar-refractivity contribution is 6.03. The van der Waals surface area contributed by atoms with Gasteiger partial charge in [-0.2, -0.15) is 5.10 Å². The second-order valence-electron chi connectivity index (χ2n) is 4.91. The number of nitrogens with one attached hydrogen (secondary N) is 2. The Morgan fingerprint density at radius 3 is 2.95 bits per heavy atom. The number of rotatable bonds is 4. The number of furan rings is 1. The van der Waals surface area contributed by atoms with E-state index < -0.39 is 0 Å². The van der Waals surface area contributed by atoms with E-state index in [1.165, 1.54) is 0 Å². The van der Waals surface area contributed by atoms with Crippen molar-refractivity contribution >= 4 is 11.6 Å². The average molecular weight is 297 g/mol. The molecule has 1 aromatic carbocycles. The fourth-order valence-corrected chi connectivity index (χ4v) is 2.08. The quantitative estimate of drug-likeness (QED) is 0.690. The second kappa shape index (κ2) is 5.87. The van der Waals surface area contributed by atoms with Gasteiger partial charge in [0.15, 0.2) is 11.5 Å². The molecule has 3 rings (SSSR count). The Morgan fingerprint density at radius 1 is 1.36 bits per heavy atom. The van der Waals surface area contributed by atoms with Crippen molar-refractivity contribution in [2.24, 2.45) is 0 Å². The number of nitrogens with zero attached hydrogens (tertiary/aromatic N) is 1. The van der Waals surface area contributed by atoms with Gasteiger partial charge in [-0.1, -0.05) is 12.1 Å². The minimum Gasteiger partial charge on any atom is -0.463 e. The Labute approximate surface area is 126 Å². The number of carbonyl (C=O) groups is 1. The van der Waals surface area contributed by atoms with E-state index in [0.717, 1.165) is 11.1 Å². The highest BCUT2D eigenvalue weighted by atomic mass is 16.3. The minimum absolute atomic E-state index is 0.0752. The molecule has 1 amide bonds. The van der Waals surface area contributed by atoms with Gasteiger partial charge in [-0.25, -0.2) is 0 Å². The Bertz CT molecular complexity index is 791. The van der Waals surface area contributed by atoms with Gasteiger partial charge in [-0.05, 0) is 36.2 Å². The van der Waals surface area contributed by atoms with E-state index in [9.17, 15) is 9.90 Å². The normalized spacial score (nSPS) is 10.6. The van der Waals surface area contributed by atoms with Crippen LogP contribution in [0.15, 0.2) is 47.1 Å². The van der Waals surface area contributed by atoms with Crippen molar-refractivity contribution in [3.8, 4) is 11.5 Å². The molecule has 112 valence electrons. The number of anilines is 1. The van der Waals surface area contributed by atoms with Gasteiger partial charge in [0.1, 0.15) is 5.69 Å². The number of H-pyrrole nitrogens is 1. The monoisotopic (exact) mass is 297 g/mol. The van der Waals surface area contributed by atoms with E-state index in [0.29, 0.717) is 17.1 Å². The number of aliphatic hydroxyl groups excluding tert-OH is 1. The molecular weight excluding hydrogens is 282 g/mol. The first-order valence-electron chi connectivity index (χ1n) is 6.78. The van der Waals surface area contributed by atoms with Gasteiger partial charge in [0.25, 0.3) is 5.91 Å². The van der Waals surface area contributed by atoms with Crippen molar-refractivity contribution < 1.29 is 14.3 Å². The Morgan fingerprint density at radius 2 is 2.23 bits per heavy atom. The lowest BCUT2D eigenvalue weighted by Crippen LogP contribution is -2.13. The topological polar surface area (TPSA) is 91.1 Å². The summed E-state index contributed by atoms with van der Waals surface area (Å²) >= 11 is 0. The summed E-state index contributed by atoms with van der Waals surface area (Å²) in [5.41, 5.74) is 3.20. The molecule has 0 aliphatic carbocycles. The van der Waals surface area contributed by atoms with Crippen LogP contribution in [0.4, 0.5) is 5.69 Å². The summed E-state index contributed by atoms with van der Waals surface area (Å²) in [5, 5.41) is 18.7. The molecule has 0 aliphatic heterocycles. The zero-order valence-electron chi connectivity index (χ0n) is 12.0. The van der Waals surface area contributed by atoms with E-state index in [1.807, 2.05) is 19.1 Å². The molecule has 6 heteroatoms. The maximum absolute atomic E-state index is 12.3. The molecule has 6 nitrogen and oxygen atoms in total. The van der Waals surface area contributed by atoms with Gasteiger partial charge < -0.3 is 14.8 Å². The SMILES string of the molecule is Cc1ccc(CO)cc1NC(=O)c1cc(-c2ccco2)[nH]n1. The van der Waals surface area contributed by atoms with E-state index in [2.05, 4.69) is 15.5 Å². The van der Waals surface area contributed by atoms with Crippen LogP contribution >= 0.6 is 0 Å². The first kappa shape index (κ1) is 14.1. The number of aryl methyl sites for hydroxylation is 1. The summed E-state index contributed by atoms with van der Waals surface area (Å²) in [6.07, 6.45) is 1.56. The van der Waals surface area contributed by atoms with E-state index >= 15 is 0 Å². The van der Waals surface area contributed by atoms with Gasteiger partial charge >= 0.3 is 0 Å². The Balaban J connectivity index is 1.80. The molecule has 0 saturated carbocycles. The van der Waals surface area contributed by atoms with Crippen molar-refractivity contribution in [2.75, 3.05) is 5.32 Å². The number of amides is 1. The van der Waals surface area contributed by atoms with Gasteiger partial charge in [0.05, 0.1) is 12.9 Å². The minimum atomic E-state index is -0.327. The summed E-state index contributed by atoms with van der Waals surface area (Å²) in [6, 6.07) is 10.6. The molecule has 0 saturated heterocycles. The molecule has 0 bridgehead atoms. The lowest BCUT2D eigenvalue weighted by molar-refractivity contribution is 0.102. The van der Waals surface area contributed by atoms with Gasteiger partial charge in [0.2, 0.25) is 0 Å². The van der Waals surface area contributed by atoms with Crippen molar-refractivity contribution in [1.82, 2.24) is 10.2 Å². The number of hydrogen-bond donors (Lipinski definition) is 3. The van der Waals surface area contributed by atoms with Gasteiger partial charge in [-0.15, -0.1) is 0 Å². The van der Waals surface area contributed by atoms with Crippen molar-refractivity contribution in [2.45, 2.75) is 13.5 Å². The van der Waals surface area contributed by atoms with Crippen molar-refractivity contribution in [3.05, 3.63) is 59.5 Å². The molecule has 3 N–H and O–H groups in total. The van der Waals surface area contributed by atoms with Gasteiger partial charge in [-0.3, -0.25) is 9.89 Å². The third-order valence-electron chi connectivity index (χ3n) is 3.33. The number of aromatic nitrogens is 2. The summed E-state index contributed by atoms with van der Waals surface area (Å²) in [4.78, 5) is 12.3. The highest BCUT2D eigenvalue weighted by Gasteiger charge is 2.14. The maximum Gasteiger partial charge on any atom is 0.276 e. The van der Waals surface area contributed by atoms with E-state index in [4.69, 9.17) is 4.42 Å². The third kappa shape index (κ3) is 2.77. The first-order valence-corrected chi connectivity index (χ1v) is 6.78. The summed E-state index contributed by atoms with van der Waals surface area (Å²) in [7, 11) is 0. The molecule has 2 aromatic heterocycles. The smallest absolute Gasteiger partial charge is 0.276 e. The number of aliphatic hydroxyl groups is 1. The van der Waals surface area contributed by atoms with Crippen molar-refractivity contribution in [3.63, 3.8) is 0 Å². The maximum atomic E-state index is 12.3. The standard InChI is InChI=1S/C16H15N3O3/c1-10-4-5-11(9-20)7-12(10)17-16(21)14-8-13(18-19-14)15-3-2-6-22-15/h2-8,20H,9H2,1H3,(H,17,21)(H,18,19). The van der Waals surface area contributed by atoms with Crippen molar-refractivity contribution in [1.29, 1.82) is 0 Å². The zero-order valence-corrected chi connectivity index (χ0v) is 12.0. The van der Waals surface area contributed by atoms with Crippen LogP contribution in [-0.4, -0.2) is 21.2 Å².